The van der Waals surface area contributed by atoms with Crippen molar-refractivity contribution in [3.05, 3.63) is 29.3 Å². The number of benzene rings is 1. The molecule has 1 aromatic carbocycles. The van der Waals surface area contributed by atoms with Crippen LogP contribution in [0.15, 0.2) is 18.2 Å². The predicted molar refractivity (Wildman–Crippen MR) is 80.3 cm³/mol. The van der Waals surface area contributed by atoms with E-state index < -0.39 is 5.41 Å². The normalized spacial score (nSPS) is 28.2. The van der Waals surface area contributed by atoms with Gasteiger partial charge in [-0.1, -0.05) is 0 Å². The molecule has 4 rings (SSSR count). The van der Waals surface area contributed by atoms with Crippen molar-refractivity contribution in [2.45, 2.75) is 6.42 Å². The van der Waals surface area contributed by atoms with Crippen LogP contribution in [0.4, 0.5) is 0 Å². The number of methoxy groups -OCH3 is 1. The van der Waals surface area contributed by atoms with E-state index in [9.17, 15) is 9.59 Å². The Bertz CT molecular complexity index is 673. The van der Waals surface area contributed by atoms with Gasteiger partial charge in [-0.05, 0) is 23.8 Å². The van der Waals surface area contributed by atoms with Crippen molar-refractivity contribution >= 4 is 11.9 Å². The van der Waals surface area contributed by atoms with Gasteiger partial charge >= 0.3 is 5.97 Å². The molecule has 2 fully saturated rings. The Kier molecular flexibility index (Phi) is 3.30. The molecule has 2 saturated heterocycles. The summed E-state index contributed by atoms with van der Waals surface area (Å²) in [6.07, 6.45) is 0.832. The number of rotatable bonds is 2. The summed E-state index contributed by atoms with van der Waals surface area (Å²) in [7, 11) is 1.39. The maximum absolute atomic E-state index is 12.8. The van der Waals surface area contributed by atoms with Gasteiger partial charge in [-0.15, -0.1) is 0 Å². The summed E-state index contributed by atoms with van der Waals surface area (Å²) in [6, 6.07) is 5.55. The van der Waals surface area contributed by atoms with E-state index in [1.54, 1.807) is 11.0 Å². The average molecular weight is 317 g/mol. The molecule has 0 aromatic heterocycles. The third kappa shape index (κ3) is 2.12. The Balaban J connectivity index is 1.57. The number of carbonyl (C=O) groups excluding carboxylic acids is 2. The number of fused-ring (bicyclic) bond motifs is 2. The minimum Gasteiger partial charge on any atom is -0.493 e. The monoisotopic (exact) mass is 317 g/mol. The van der Waals surface area contributed by atoms with Gasteiger partial charge in [0.15, 0.2) is 0 Å². The third-order valence-electron chi connectivity index (χ3n) is 5.19. The van der Waals surface area contributed by atoms with Crippen molar-refractivity contribution in [2.75, 3.05) is 40.0 Å². The van der Waals surface area contributed by atoms with Crippen LogP contribution in [0, 0.1) is 11.3 Å². The first kappa shape index (κ1) is 14.5. The summed E-state index contributed by atoms with van der Waals surface area (Å²) in [6.45, 7) is 2.38. The van der Waals surface area contributed by atoms with Gasteiger partial charge in [0.25, 0.3) is 5.91 Å². The molecule has 0 spiro atoms. The van der Waals surface area contributed by atoms with E-state index in [-0.39, 0.29) is 17.8 Å². The molecule has 0 unspecified atom stereocenters. The molecule has 1 aromatic rings. The van der Waals surface area contributed by atoms with E-state index in [0.717, 1.165) is 17.7 Å². The fraction of sp³-hybridized carbons (Fsp3) is 0.529. The number of hydrogen-bond donors (Lipinski definition) is 0. The molecule has 3 aliphatic rings. The zero-order valence-corrected chi connectivity index (χ0v) is 13.0. The van der Waals surface area contributed by atoms with Crippen molar-refractivity contribution in [2.24, 2.45) is 11.3 Å². The lowest BCUT2D eigenvalue weighted by atomic mass is 9.81. The van der Waals surface area contributed by atoms with Gasteiger partial charge in [0.05, 0.1) is 26.9 Å². The van der Waals surface area contributed by atoms with Crippen LogP contribution in [0.3, 0.4) is 0 Å². The number of amides is 1. The van der Waals surface area contributed by atoms with Crippen molar-refractivity contribution in [3.8, 4) is 5.75 Å². The highest BCUT2D eigenvalue weighted by Gasteiger charge is 2.57. The van der Waals surface area contributed by atoms with Crippen LogP contribution < -0.4 is 4.74 Å². The lowest BCUT2D eigenvalue weighted by Gasteiger charge is -2.23. The molecule has 122 valence electrons. The Labute approximate surface area is 134 Å². The standard InChI is InChI=1S/C17H19NO5/c1-21-16(20)17-9-18(7-13(17)8-22-10-17)15(19)12-2-3-14-11(6-12)4-5-23-14/h2-3,6,13H,4-5,7-10H2,1H3/t13-,17-/m0/s1. The molecule has 0 saturated carbocycles. The first-order chi connectivity index (χ1) is 11.1. The Hall–Kier alpha value is -2.08. The van der Waals surface area contributed by atoms with Crippen molar-refractivity contribution in [1.82, 2.24) is 4.90 Å². The van der Waals surface area contributed by atoms with Gasteiger partial charge in [0.1, 0.15) is 11.2 Å². The van der Waals surface area contributed by atoms with E-state index >= 15 is 0 Å². The second kappa shape index (κ2) is 5.23. The van der Waals surface area contributed by atoms with Gasteiger partial charge in [-0.2, -0.15) is 0 Å². The van der Waals surface area contributed by atoms with E-state index in [4.69, 9.17) is 14.2 Å². The fourth-order valence-electron chi connectivity index (χ4n) is 3.88. The Morgan fingerprint density at radius 2 is 2.26 bits per heavy atom. The maximum atomic E-state index is 12.8. The molecule has 0 radical (unpaired) electrons. The van der Waals surface area contributed by atoms with Crippen molar-refractivity contribution < 1.29 is 23.8 Å². The summed E-state index contributed by atoms with van der Waals surface area (Å²) in [5.41, 5.74) is 1.01. The molecule has 0 bridgehead atoms. The van der Waals surface area contributed by atoms with E-state index in [1.165, 1.54) is 7.11 Å². The largest absolute Gasteiger partial charge is 0.493 e. The van der Waals surface area contributed by atoms with Gasteiger partial charge in [0.2, 0.25) is 0 Å². The second-order valence-electron chi connectivity index (χ2n) is 6.47. The van der Waals surface area contributed by atoms with Gasteiger partial charge in [-0.25, -0.2) is 0 Å². The lowest BCUT2D eigenvalue weighted by molar-refractivity contribution is -0.153. The molecule has 0 N–H and O–H groups in total. The quantitative estimate of drug-likeness (QED) is 0.758. The van der Waals surface area contributed by atoms with Crippen LogP contribution in [-0.2, 0) is 20.7 Å². The molecule has 3 heterocycles. The first-order valence-electron chi connectivity index (χ1n) is 7.85. The highest BCUT2D eigenvalue weighted by molar-refractivity contribution is 5.95. The van der Waals surface area contributed by atoms with Crippen molar-refractivity contribution in [3.63, 3.8) is 0 Å². The number of carbonyl (C=O) groups is 2. The van der Waals surface area contributed by atoms with Gasteiger partial charge in [0, 0.05) is 31.0 Å². The SMILES string of the molecule is COC(=O)[C@@]12COC[C@@H]1CN(C(=O)c1ccc3c(c1)CCO3)C2. The fourth-order valence-corrected chi connectivity index (χ4v) is 3.88. The predicted octanol–water partition coefficient (Wildman–Crippen LogP) is 0.883. The first-order valence-corrected chi connectivity index (χ1v) is 7.85. The van der Waals surface area contributed by atoms with Gasteiger partial charge in [-0.3, -0.25) is 9.59 Å². The summed E-state index contributed by atoms with van der Waals surface area (Å²) < 4.78 is 15.9. The van der Waals surface area contributed by atoms with Crippen LogP contribution in [0.25, 0.3) is 0 Å². The van der Waals surface area contributed by atoms with Crippen molar-refractivity contribution in [1.29, 1.82) is 0 Å². The van der Waals surface area contributed by atoms with E-state index in [0.29, 0.717) is 38.5 Å². The molecule has 3 aliphatic heterocycles. The third-order valence-corrected chi connectivity index (χ3v) is 5.19. The van der Waals surface area contributed by atoms with Crippen LogP contribution in [0.2, 0.25) is 0 Å². The highest BCUT2D eigenvalue weighted by Crippen LogP contribution is 2.42. The lowest BCUT2D eigenvalue weighted by Crippen LogP contribution is -2.41. The topological polar surface area (TPSA) is 65.1 Å². The molecule has 23 heavy (non-hydrogen) atoms. The molecule has 0 aliphatic carbocycles. The second-order valence-corrected chi connectivity index (χ2v) is 6.47. The zero-order valence-electron chi connectivity index (χ0n) is 13.0. The van der Waals surface area contributed by atoms with Gasteiger partial charge < -0.3 is 19.1 Å². The minimum atomic E-state index is -0.704. The smallest absolute Gasteiger partial charge is 0.316 e. The van der Waals surface area contributed by atoms with Crippen LogP contribution >= 0.6 is 0 Å². The summed E-state index contributed by atoms with van der Waals surface area (Å²) in [4.78, 5) is 26.8. The van der Waals surface area contributed by atoms with Crippen LogP contribution in [0.5, 0.6) is 5.75 Å². The number of nitrogens with zero attached hydrogens (tertiary/aromatic N) is 1. The minimum absolute atomic E-state index is 0.0108. The molecular formula is C17H19NO5. The van der Waals surface area contributed by atoms with E-state index in [2.05, 4.69) is 0 Å². The summed E-state index contributed by atoms with van der Waals surface area (Å²) in [5.74, 6) is 0.547. The van der Waals surface area contributed by atoms with Crippen LogP contribution in [0.1, 0.15) is 15.9 Å². The number of hydrogen-bond acceptors (Lipinski definition) is 5. The Morgan fingerprint density at radius 3 is 3.09 bits per heavy atom. The molecule has 1 amide bonds. The maximum Gasteiger partial charge on any atom is 0.316 e. The number of esters is 1. The summed E-state index contributed by atoms with van der Waals surface area (Å²) in [5, 5.41) is 0. The number of likely N-dealkylation sites (tertiary alicyclic amines) is 1. The van der Waals surface area contributed by atoms with E-state index in [1.807, 2.05) is 12.1 Å². The summed E-state index contributed by atoms with van der Waals surface area (Å²) >= 11 is 0. The van der Waals surface area contributed by atoms with Crippen LogP contribution in [-0.4, -0.2) is 56.8 Å². The number of ether oxygens (including phenoxy) is 3. The molecule has 6 heteroatoms. The molecule has 2 atom stereocenters. The average Bonchev–Trinajstić information content (AvgIpc) is 3.25. The molecular weight excluding hydrogens is 298 g/mol. The highest BCUT2D eigenvalue weighted by atomic mass is 16.5. The molecule has 6 nitrogen and oxygen atoms in total. The Morgan fingerprint density at radius 1 is 1.39 bits per heavy atom. The zero-order chi connectivity index (χ0) is 16.0.